The summed E-state index contributed by atoms with van der Waals surface area (Å²) in [6, 6.07) is 3.60. The maximum Gasteiger partial charge on any atom is 0.246 e. The first-order valence-corrected chi connectivity index (χ1v) is 7.83. The van der Waals surface area contributed by atoms with Crippen LogP contribution in [0, 0.1) is 11.7 Å². The average molecular weight is 286 g/mol. The van der Waals surface area contributed by atoms with Crippen molar-refractivity contribution >= 4 is 15.7 Å². The van der Waals surface area contributed by atoms with Crippen LogP contribution in [-0.4, -0.2) is 25.3 Å². The second kappa shape index (κ2) is 5.09. The van der Waals surface area contributed by atoms with E-state index < -0.39 is 15.8 Å². The minimum Gasteiger partial charge on any atom is -0.399 e. The van der Waals surface area contributed by atoms with E-state index in [-0.39, 0.29) is 16.6 Å². The summed E-state index contributed by atoms with van der Waals surface area (Å²) >= 11 is 0. The standard InChI is InChI=1S/C13H19FN2O2S/c1-9-3-4-10(2)16(8-9)19(17,18)13-6-5-11(15)7-12(13)14/h5-7,9-10H,3-4,8,15H2,1-2H3. The molecule has 0 radical (unpaired) electrons. The molecule has 1 aliphatic rings. The molecule has 0 saturated carbocycles. The van der Waals surface area contributed by atoms with Gasteiger partial charge in [0.05, 0.1) is 0 Å². The number of hydrogen-bond donors (Lipinski definition) is 1. The Morgan fingerprint density at radius 1 is 1.32 bits per heavy atom. The largest absolute Gasteiger partial charge is 0.399 e. The lowest BCUT2D eigenvalue weighted by molar-refractivity contribution is 0.217. The van der Waals surface area contributed by atoms with E-state index in [0.29, 0.717) is 12.5 Å². The molecule has 0 aromatic heterocycles. The molecule has 0 amide bonds. The third-order valence-electron chi connectivity index (χ3n) is 3.60. The Bertz CT molecular complexity index is 574. The zero-order chi connectivity index (χ0) is 14.2. The van der Waals surface area contributed by atoms with Gasteiger partial charge in [-0.2, -0.15) is 4.31 Å². The maximum atomic E-state index is 13.8. The lowest BCUT2D eigenvalue weighted by atomic mass is 9.97. The van der Waals surface area contributed by atoms with Crippen LogP contribution in [0.5, 0.6) is 0 Å². The Balaban J connectivity index is 2.41. The van der Waals surface area contributed by atoms with Gasteiger partial charge < -0.3 is 5.73 Å². The highest BCUT2D eigenvalue weighted by molar-refractivity contribution is 7.89. The number of hydrogen-bond acceptors (Lipinski definition) is 3. The Labute approximate surface area is 113 Å². The molecule has 1 heterocycles. The van der Waals surface area contributed by atoms with Crippen molar-refractivity contribution < 1.29 is 12.8 Å². The predicted molar refractivity (Wildman–Crippen MR) is 72.6 cm³/mol. The van der Waals surface area contributed by atoms with Gasteiger partial charge in [-0.1, -0.05) is 6.92 Å². The van der Waals surface area contributed by atoms with Gasteiger partial charge in [0.2, 0.25) is 10.0 Å². The molecule has 4 nitrogen and oxygen atoms in total. The van der Waals surface area contributed by atoms with Crippen LogP contribution in [-0.2, 0) is 10.0 Å². The summed E-state index contributed by atoms with van der Waals surface area (Å²) in [5, 5.41) is 0. The zero-order valence-corrected chi connectivity index (χ0v) is 12.0. The van der Waals surface area contributed by atoms with Crippen molar-refractivity contribution in [3.8, 4) is 0 Å². The molecule has 19 heavy (non-hydrogen) atoms. The third-order valence-corrected chi connectivity index (χ3v) is 5.62. The Morgan fingerprint density at radius 3 is 2.63 bits per heavy atom. The second-order valence-corrected chi connectivity index (χ2v) is 7.16. The predicted octanol–water partition coefficient (Wildman–Crippen LogP) is 2.22. The molecule has 1 saturated heterocycles. The molecule has 1 aromatic rings. The van der Waals surface area contributed by atoms with Crippen molar-refractivity contribution in [2.75, 3.05) is 12.3 Å². The number of nitrogens with zero attached hydrogens (tertiary/aromatic N) is 1. The van der Waals surface area contributed by atoms with E-state index in [1.807, 2.05) is 13.8 Å². The number of anilines is 1. The molecule has 1 aromatic carbocycles. The van der Waals surface area contributed by atoms with E-state index in [0.717, 1.165) is 18.9 Å². The van der Waals surface area contributed by atoms with E-state index in [9.17, 15) is 12.8 Å². The summed E-state index contributed by atoms with van der Waals surface area (Å²) in [7, 11) is -3.79. The smallest absolute Gasteiger partial charge is 0.246 e. The summed E-state index contributed by atoms with van der Waals surface area (Å²) in [6.45, 7) is 4.31. The topological polar surface area (TPSA) is 63.4 Å². The first-order valence-electron chi connectivity index (χ1n) is 6.39. The van der Waals surface area contributed by atoms with Crippen molar-refractivity contribution in [2.24, 2.45) is 5.92 Å². The van der Waals surface area contributed by atoms with Crippen LogP contribution in [0.1, 0.15) is 26.7 Å². The van der Waals surface area contributed by atoms with Crippen molar-refractivity contribution in [3.05, 3.63) is 24.0 Å². The molecule has 2 atom stereocenters. The van der Waals surface area contributed by atoms with Gasteiger partial charge in [0, 0.05) is 18.3 Å². The Hall–Kier alpha value is -1.14. The van der Waals surface area contributed by atoms with E-state index in [4.69, 9.17) is 5.73 Å². The molecule has 1 fully saturated rings. The van der Waals surface area contributed by atoms with Crippen LogP contribution in [0.2, 0.25) is 0 Å². The highest BCUT2D eigenvalue weighted by atomic mass is 32.2. The molecule has 2 N–H and O–H groups in total. The number of nitrogen functional groups attached to an aromatic ring is 1. The first-order chi connectivity index (χ1) is 8.82. The third kappa shape index (κ3) is 2.74. The van der Waals surface area contributed by atoms with Gasteiger partial charge in [0.15, 0.2) is 0 Å². The number of benzene rings is 1. The molecule has 0 aliphatic carbocycles. The fourth-order valence-electron chi connectivity index (χ4n) is 2.44. The number of halogens is 1. The quantitative estimate of drug-likeness (QED) is 0.848. The summed E-state index contributed by atoms with van der Waals surface area (Å²) in [5.74, 6) is -0.492. The van der Waals surface area contributed by atoms with Crippen molar-refractivity contribution in [3.63, 3.8) is 0 Å². The highest BCUT2D eigenvalue weighted by Crippen LogP contribution is 2.29. The van der Waals surface area contributed by atoms with Crippen LogP contribution in [0.4, 0.5) is 10.1 Å². The van der Waals surface area contributed by atoms with Gasteiger partial charge in [-0.25, -0.2) is 12.8 Å². The monoisotopic (exact) mass is 286 g/mol. The molecule has 6 heteroatoms. The molecule has 1 aliphatic heterocycles. The fourth-order valence-corrected chi connectivity index (χ4v) is 4.26. The molecule has 106 valence electrons. The lowest BCUT2D eigenvalue weighted by Gasteiger charge is -2.35. The average Bonchev–Trinajstić information content (AvgIpc) is 2.31. The maximum absolute atomic E-state index is 13.8. The van der Waals surface area contributed by atoms with Gasteiger partial charge in [-0.3, -0.25) is 0 Å². The normalized spacial score (nSPS) is 25.4. The van der Waals surface area contributed by atoms with Gasteiger partial charge in [-0.05, 0) is 43.9 Å². The summed E-state index contributed by atoms with van der Waals surface area (Å²) in [4.78, 5) is -0.289. The van der Waals surface area contributed by atoms with Crippen molar-refractivity contribution in [1.82, 2.24) is 4.31 Å². The minimum atomic E-state index is -3.79. The molecule has 0 bridgehead atoms. The molecular weight excluding hydrogens is 267 g/mol. The SMILES string of the molecule is CC1CCC(C)N(S(=O)(=O)c2ccc(N)cc2F)C1. The number of rotatable bonds is 2. The van der Waals surface area contributed by atoms with E-state index >= 15 is 0 Å². The fraction of sp³-hybridized carbons (Fsp3) is 0.538. The van der Waals surface area contributed by atoms with E-state index in [2.05, 4.69) is 0 Å². The molecular formula is C13H19FN2O2S. The summed E-state index contributed by atoms with van der Waals surface area (Å²) in [6.07, 6.45) is 1.80. The number of nitrogens with two attached hydrogens (primary N) is 1. The summed E-state index contributed by atoms with van der Waals surface area (Å²) in [5.41, 5.74) is 5.67. The van der Waals surface area contributed by atoms with E-state index in [1.54, 1.807) is 0 Å². The van der Waals surface area contributed by atoms with Crippen molar-refractivity contribution in [1.29, 1.82) is 0 Å². The second-order valence-electron chi connectivity index (χ2n) is 5.30. The van der Waals surface area contributed by atoms with Crippen LogP contribution in [0.15, 0.2) is 23.1 Å². The molecule has 0 spiro atoms. The minimum absolute atomic E-state index is 0.0989. The van der Waals surface area contributed by atoms with Crippen molar-refractivity contribution in [2.45, 2.75) is 37.6 Å². The Morgan fingerprint density at radius 2 is 2.00 bits per heavy atom. The summed E-state index contributed by atoms with van der Waals surface area (Å²) < 4.78 is 40.3. The first kappa shape index (κ1) is 14.3. The highest BCUT2D eigenvalue weighted by Gasteiger charge is 2.34. The molecule has 2 rings (SSSR count). The molecule has 2 unspecified atom stereocenters. The Kier molecular flexibility index (Phi) is 3.82. The lowest BCUT2D eigenvalue weighted by Crippen LogP contribution is -2.45. The van der Waals surface area contributed by atoms with Gasteiger partial charge in [0.1, 0.15) is 10.7 Å². The van der Waals surface area contributed by atoms with Crippen LogP contribution < -0.4 is 5.73 Å². The van der Waals surface area contributed by atoms with Crippen LogP contribution >= 0.6 is 0 Å². The van der Waals surface area contributed by atoms with Gasteiger partial charge >= 0.3 is 0 Å². The van der Waals surface area contributed by atoms with Crippen LogP contribution in [0.3, 0.4) is 0 Å². The van der Waals surface area contributed by atoms with Gasteiger partial charge in [-0.15, -0.1) is 0 Å². The van der Waals surface area contributed by atoms with E-state index in [1.165, 1.54) is 16.4 Å². The van der Waals surface area contributed by atoms with Gasteiger partial charge in [0.25, 0.3) is 0 Å². The van der Waals surface area contributed by atoms with Crippen LogP contribution in [0.25, 0.3) is 0 Å². The number of piperidine rings is 1. The zero-order valence-electron chi connectivity index (χ0n) is 11.1. The number of sulfonamides is 1.